The maximum Gasteiger partial charge on any atom is 0.271 e. The van der Waals surface area contributed by atoms with Gasteiger partial charge in [-0.05, 0) is 49.1 Å². The van der Waals surface area contributed by atoms with Crippen LogP contribution >= 0.6 is 0 Å². The van der Waals surface area contributed by atoms with Gasteiger partial charge in [-0.3, -0.25) is 4.79 Å². The molecule has 1 amide bonds. The molecule has 2 saturated carbocycles. The molecule has 0 saturated heterocycles. The van der Waals surface area contributed by atoms with Gasteiger partial charge < -0.3 is 0 Å². The van der Waals surface area contributed by atoms with Crippen molar-refractivity contribution in [3.63, 3.8) is 0 Å². The first-order chi connectivity index (χ1) is 8.83. The van der Waals surface area contributed by atoms with Crippen molar-refractivity contribution in [2.24, 2.45) is 22.9 Å². The SMILES string of the molecule is O=C(NN=CC1CC2CCC1C2)c1ccccc1. The first-order valence-electron chi connectivity index (χ1n) is 6.71. The monoisotopic (exact) mass is 242 g/mol. The quantitative estimate of drug-likeness (QED) is 0.642. The van der Waals surface area contributed by atoms with E-state index >= 15 is 0 Å². The molecule has 0 spiro atoms. The molecular formula is C15H18N2O. The highest BCUT2D eigenvalue weighted by molar-refractivity contribution is 5.94. The molecule has 3 atom stereocenters. The van der Waals surface area contributed by atoms with E-state index in [1.165, 1.54) is 25.7 Å². The molecule has 0 radical (unpaired) electrons. The van der Waals surface area contributed by atoms with Gasteiger partial charge >= 0.3 is 0 Å². The van der Waals surface area contributed by atoms with Crippen LogP contribution in [0.5, 0.6) is 0 Å². The van der Waals surface area contributed by atoms with E-state index in [9.17, 15) is 4.79 Å². The van der Waals surface area contributed by atoms with E-state index < -0.39 is 0 Å². The molecule has 3 nitrogen and oxygen atoms in total. The lowest BCUT2D eigenvalue weighted by atomic mass is 9.90. The fourth-order valence-electron chi connectivity index (χ4n) is 3.32. The number of fused-ring (bicyclic) bond motifs is 2. The van der Waals surface area contributed by atoms with E-state index in [2.05, 4.69) is 10.5 Å². The number of rotatable bonds is 3. The van der Waals surface area contributed by atoms with Crippen LogP contribution in [0.3, 0.4) is 0 Å². The van der Waals surface area contributed by atoms with Crippen molar-refractivity contribution in [1.29, 1.82) is 0 Å². The van der Waals surface area contributed by atoms with Gasteiger partial charge in [-0.25, -0.2) is 5.43 Å². The lowest BCUT2D eigenvalue weighted by molar-refractivity contribution is 0.0955. The van der Waals surface area contributed by atoms with Crippen LogP contribution in [-0.2, 0) is 0 Å². The summed E-state index contributed by atoms with van der Waals surface area (Å²) in [6, 6.07) is 9.20. The third-order valence-corrected chi connectivity index (χ3v) is 4.26. The van der Waals surface area contributed by atoms with Crippen molar-refractivity contribution in [3.8, 4) is 0 Å². The molecule has 2 aliphatic rings. The predicted molar refractivity (Wildman–Crippen MR) is 71.3 cm³/mol. The Morgan fingerprint density at radius 2 is 2.06 bits per heavy atom. The molecular weight excluding hydrogens is 224 g/mol. The van der Waals surface area contributed by atoms with Gasteiger partial charge in [0.15, 0.2) is 0 Å². The maximum absolute atomic E-state index is 11.8. The molecule has 3 heteroatoms. The van der Waals surface area contributed by atoms with Crippen molar-refractivity contribution in [2.75, 3.05) is 0 Å². The van der Waals surface area contributed by atoms with E-state index in [1.807, 2.05) is 24.4 Å². The van der Waals surface area contributed by atoms with Crippen LogP contribution in [0.4, 0.5) is 0 Å². The van der Waals surface area contributed by atoms with Crippen LogP contribution in [-0.4, -0.2) is 12.1 Å². The van der Waals surface area contributed by atoms with Crippen LogP contribution in [0.2, 0.25) is 0 Å². The summed E-state index contributed by atoms with van der Waals surface area (Å²) in [5, 5.41) is 4.12. The Balaban J connectivity index is 1.54. The van der Waals surface area contributed by atoms with Crippen molar-refractivity contribution >= 4 is 12.1 Å². The second-order valence-electron chi connectivity index (χ2n) is 5.42. The Hall–Kier alpha value is -1.64. The molecule has 2 aliphatic carbocycles. The van der Waals surface area contributed by atoms with Crippen molar-refractivity contribution in [2.45, 2.75) is 25.7 Å². The zero-order chi connectivity index (χ0) is 12.4. The molecule has 1 aromatic carbocycles. The van der Waals surface area contributed by atoms with Crippen LogP contribution in [0.1, 0.15) is 36.0 Å². The van der Waals surface area contributed by atoms with E-state index in [4.69, 9.17) is 0 Å². The zero-order valence-electron chi connectivity index (χ0n) is 10.4. The van der Waals surface area contributed by atoms with Crippen LogP contribution in [0.15, 0.2) is 35.4 Å². The van der Waals surface area contributed by atoms with E-state index in [1.54, 1.807) is 12.1 Å². The second kappa shape index (κ2) is 4.92. The van der Waals surface area contributed by atoms with E-state index in [0.29, 0.717) is 11.5 Å². The number of benzene rings is 1. The molecule has 1 N–H and O–H groups in total. The fourth-order valence-corrected chi connectivity index (χ4v) is 3.32. The van der Waals surface area contributed by atoms with Crippen molar-refractivity contribution < 1.29 is 4.79 Å². The van der Waals surface area contributed by atoms with Gasteiger partial charge in [0.25, 0.3) is 5.91 Å². The summed E-state index contributed by atoms with van der Waals surface area (Å²) in [7, 11) is 0. The molecule has 18 heavy (non-hydrogen) atoms. The topological polar surface area (TPSA) is 41.5 Å². The minimum Gasteiger partial charge on any atom is -0.267 e. The summed E-state index contributed by atoms with van der Waals surface area (Å²) in [4.78, 5) is 11.8. The van der Waals surface area contributed by atoms with Gasteiger partial charge in [0, 0.05) is 11.8 Å². The summed E-state index contributed by atoms with van der Waals surface area (Å²) in [6.07, 6.45) is 7.31. The molecule has 2 bridgehead atoms. The number of nitrogens with zero attached hydrogens (tertiary/aromatic N) is 1. The number of carbonyl (C=O) groups excluding carboxylic acids is 1. The van der Waals surface area contributed by atoms with Gasteiger partial charge in [0.05, 0.1) is 0 Å². The number of hydrogen-bond donors (Lipinski definition) is 1. The summed E-state index contributed by atoms with van der Waals surface area (Å²) in [6.45, 7) is 0. The Morgan fingerprint density at radius 3 is 2.72 bits per heavy atom. The van der Waals surface area contributed by atoms with E-state index in [-0.39, 0.29) is 5.91 Å². The average molecular weight is 242 g/mol. The minimum absolute atomic E-state index is 0.130. The van der Waals surface area contributed by atoms with Gasteiger partial charge in [0.2, 0.25) is 0 Å². The molecule has 0 aromatic heterocycles. The number of carbonyl (C=O) groups is 1. The van der Waals surface area contributed by atoms with E-state index in [0.717, 1.165) is 11.8 Å². The second-order valence-corrected chi connectivity index (χ2v) is 5.42. The fraction of sp³-hybridized carbons (Fsp3) is 0.467. The van der Waals surface area contributed by atoms with Crippen molar-refractivity contribution in [3.05, 3.63) is 35.9 Å². The highest BCUT2D eigenvalue weighted by atomic mass is 16.2. The summed E-state index contributed by atoms with van der Waals surface area (Å²) >= 11 is 0. The van der Waals surface area contributed by atoms with Gasteiger partial charge in [0.1, 0.15) is 0 Å². The third-order valence-electron chi connectivity index (χ3n) is 4.26. The standard InChI is InChI=1S/C15H18N2O/c18-15(12-4-2-1-3-5-12)17-16-10-14-9-11-6-7-13(14)8-11/h1-5,10-11,13-14H,6-9H2,(H,17,18). The summed E-state index contributed by atoms with van der Waals surface area (Å²) in [5.74, 6) is 2.18. The average Bonchev–Trinajstić information content (AvgIpc) is 3.02. The largest absolute Gasteiger partial charge is 0.271 e. The summed E-state index contributed by atoms with van der Waals surface area (Å²) in [5.41, 5.74) is 3.27. The van der Waals surface area contributed by atoms with Crippen LogP contribution in [0.25, 0.3) is 0 Å². The summed E-state index contributed by atoms with van der Waals surface area (Å²) < 4.78 is 0. The lowest BCUT2D eigenvalue weighted by Gasteiger charge is -2.16. The minimum atomic E-state index is -0.130. The van der Waals surface area contributed by atoms with Gasteiger partial charge in [-0.15, -0.1) is 0 Å². The lowest BCUT2D eigenvalue weighted by Crippen LogP contribution is -2.19. The molecule has 0 aliphatic heterocycles. The molecule has 3 rings (SSSR count). The Bertz CT molecular complexity index is 455. The molecule has 1 aromatic rings. The highest BCUT2D eigenvalue weighted by Crippen LogP contribution is 2.47. The predicted octanol–water partition coefficient (Wildman–Crippen LogP) is 2.84. The zero-order valence-corrected chi connectivity index (χ0v) is 10.4. The molecule has 0 heterocycles. The van der Waals surface area contributed by atoms with Gasteiger partial charge in [-0.1, -0.05) is 24.6 Å². The maximum atomic E-state index is 11.8. The molecule has 94 valence electrons. The molecule has 3 unspecified atom stereocenters. The number of hydrogen-bond acceptors (Lipinski definition) is 2. The van der Waals surface area contributed by atoms with Crippen LogP contribution < -0.4 is 5.43 Å². The Morgan fingerprint density at radius 1 is 1.22 bits per heavy atom. The third kappa shape index (κ3) is 2.30. The first kappa shape index (κ1) is 11.5. The Labute approximate surface area is 107 Å². The highest BCUT2D eigenvalue weighted by Gasteiger charge is 2.38. The number of amides is 1. The molecule has 2 fully saturated rings. The van der Waals surface area contributed by atoms with Gasteiger partial charge in [-0.2, -0.15) is 5.10 Å². The van der Waals surface area contributed by atoms with Crippen LogP contribution in [0, 0.1) is 17.8 Å². The Kier molecular flexibility index (Phi) is 3.13. The van der Waals surface area contributed by atoms with Crippen molar-refractivity contribution in [1.82, 2.24) is 5.43 Å². The first-order valence-corrected chi connectivity index (χ1v) is 6.71. The smallest absolute Gasteiger partial charge is 0.267 e. The number of hydrazone groups is 1. The number of nitrogens with one attached hydrogen (secondary N) is 1. The normalized spacial score (nSPS) is 29.9.